The predicted octanol–water partition coefficient (Wildman–Crippen LogP) is 3.59. The molecule has 2 unspecified atom stereocenters. The number of ether oxygens (including phenoxy) is 2. The first-order valence-electron chi connectivity index (χ1n) is 9.58. The zero-order valence-corrected chi connectivity index (χ0v) is 15.7. The lowest BCUT2D eigenvalue weighted by molar-refractivity contribution is -0.170. The van der Waals surface area contributed by atoms with Crippen LogP contribution in [0.1, 0.15) is 45.1 Å². The van der Waals surface area contributed by atoms with Crippen LogP contribution in [-0.4, -0.2) is 32.3 Å². The largest absolute Gasteiger partial charge is 0.494 e. The number of hydrogen-bond donors (Lipinski definition) is 1. The van der Waals surface area contributed by atoms with Gasteiger partial charge < -0.3 is 14.8 Å². The van der Waals surface area contributed by atoms with Gasteiger partial charge in [-0.15, -0.1) is 0 Å². The summed E-state index contributed by atoms with van der Waals surface area (Å²) in [5, 5.41) is 3.15. The SMILES string of the molecule is CCOc1ccc(CC(C)CNC(=O)C2CC3(CCC3OC)C2)cc1. The number of carbonyl (C=O) groups is 1. The highest BCUT2D eigenvalue weighted by molar-refractivity contribution is 5.79. The van der Waals surface area contributed by atoms with Crippen LogP contribution in [0.2, 0.25) is 0 Å². The van der Waals surface area contributed by atoms with Crippen LogP contribution >= 0.6 is 0 Å². The maximum absolute atomic E-state index is 12.4. The molecule has 2 saturated carbocycles. The van der Waals surface area contributed by atoms with Crippen LogP contribution < -0.4 is 10.1 Å². The van der Waals surface area contributed by atoms with E-state index in [2.05, 4.69) is 24.4 Å². The monoisotopic (exact) mass is 345 g/mol. The molecule has 2 aliphatic carbocycles. The summed E-state index contributed by atoms with van der Waals surface area (Å²) in [4.78, 5) is 12.4. The molecule has 0 saturated heterocycles. The fraction of sp³-hybridized carbons (Fsp3) is 0.667. The van der Waals surface area contributed by atoms with Crippen molar-refractivity contribution in [1.29, 1.82) is 0 Å². The lowest BCUT2D eigenvalue weighted by Crippen LogP contribution is -2.57. The van der Waals surface area contributed by atoms with Crippen molar-refractivity contribution in [3.05, 3.63) is 29.8 Å². The normalized spacial score (nSPS) is 28.8. The third-order valence-electron chi connectivity index (χ3n) is 5.99. The first-order chi connectivity index (χ1) is 12.1. The van der Waals surface area contributed by atoms with Gasteiger partial charge in [0.05, 0.1) is 12.7 Å². The smallest absolute Gasteiger partial charge is 0.223 e. The second-order valence-corrected chi connectivity index (χ2v) is 7.86. The minimum Gasteiger partial charge on any atom is -0.494 e. The summed E-state index contributed by atoms with van der Waals surface area (Å²) in [5.41, 5.74) is 1.61. The average molecular weight is 345 g/mol. The van der Waals surface area contributed by atoms with E-state index in [4.69, 9.17) is 9.47 Å². The van der Waals surface area contributed by atoms with Gasteiger partial charge in [0.15, 0.2) is 0 Å². The Kier molecular flexibility index (Phi) is 5.67. The van der Waals surface area contributed by atoms with Crippen LogP contribution in [-0.2, 0) is 16.0 Å². The second-order valence-electron chi connectivity index (χ2n) is 7.86. The van der Waals surface area contributed by atoms with E-state index in [0.717, 1.165) is 38.0 Å². The molecule has 0 heterocycles. The zero-order chi connectivity index (χ0) is 17.9. The molecule has 1 amide bonds. The van der Waals surface area contributed by atoms with Crippen molar-refractivity contribution in [3.8, 4) is 5.75 Å². The molecular weight excluding hydrogens is 314 g/mol. The van der Waals surface area contributed by atoms with E-state index >= 15 is 0 Å². The number of hydrogen-bond acceptors (Lipinski definition) is 3. The fourth-order valence-electron chi connectivity index (χ4n) is 4.39. The predicted molar refractivity (Wildman–Crippen MR) is 98.7 cm³/mol. The van der Waals surface area contributed by atoms with Crippen LogP contribution in [0.15, 0.2) is 24.3 Å². The number of benzene rings is 1. The molecular formula is C21H31NO3. The fourth-order valence-corrected chi connectivity index (χ4v) is 4.39. The molecule has 2 aliphatic rings. The van der Waals surface area contributed by atoms with E-state index in [1.807, 2.05) is 19.1 Å². The maximum Gasteiger partial charge on any atom is 0.223 e. The van der Waals surface area contributed by atoms with Gasteiger partial charge in [0.25, 0.3) is 0 Å². The Hall–Kier alpha value is -1.55. The molecule has 3 rings (SSSR count). The van der Waals surface area contributed by atoms with E-state index in [1.54, 1.807) is 7.11 Å². The van der Waals surface area contributed by atoms with Crippen molar-refractivity contribution in [1.82, 2.24) is 5.32 Å². The molecule has 0 aliphatic heterocycles. The third kappa shape index (κ3) is 4.00. The highest BCUT2D eigenvalue weighted by Gasteiger charge is 2.57. The van der Waals surface area contributed by atoms with Gasteiger partial charge in [-0.25, -0.2) is 0 Å². The van der Waals surface area contributed by atoms with Gasteiger partial charge in [-0.05, 0) is 68.1 Å². The number of methoxy groups -OCH3 is 1. The van der Waals surface area contributed by atoms with Crippen LogP contribution in [0.5, 0.6) is 5.75 Å². The molecule has 138 valence electrons. The lowest BCUT2D eigenvalue weighted by Gasteiger charge is -2.58. The summed E-state index contributed by atoms with van der Waals surface area (Å²) >= 11 is 0. The molecule has 2 fully saturated rings. The number of amides is 1. The van der Waals surface area contributed by atoms with Crippen molar-refractivity contribution in [2.24, 2.45) is 17.3 Å². The summed E-state index contributed by atoms with van der Waals surface area (Å²) in [6.45, 7) is 5.60. The Morgan fingerprint density at radius 3 is 2.60 bits per heavy atom. The van der Waals surface area contributed by atoms with Crippen molar-refractivity contribution < 1.29 is 14.3 Å². The van der Waals surface area contributed by atoms with Gasteiger partial charge in [-0.1, -0.05) is 19.1 Å². The minimum absolute atomic E-state index is 0.190. The lowest BCUT2D eigenvalue weighted by atomic mass is 9.50. The summed E-state index contributed by atoms with van der Waals surface area (Å²) in [5.74, 6) is 1.75. The molecule has 25 heavy (non-hydrogen) atoms. The standard InChI is InChI=1S/C21H31NO3/c1-4-25-18-7-5-16(6-8-18)11-15(2)14-22-20(23)17-12-21(13-17)10-9-19(21)24-3/h5-8,15,17,19H,4,9-14H2,1-3H3,(H,22,23). The van der Waals surface area contributed by atoms with E-state index in [-0.39, 0.29) is 11.8 Å². The van der Waals surface area contributed by atoms with Gasteiger partial charge in [0.2, 0.25) is 5.91 Å². The average Bonchev–Trinajstić information content (AvgIpc) is 2.53. The first kappa shape index (κ1) is 18.2. The van der Waals surface area contributed by atoms with Crippen LogP contribution in [0.4, 0.5) is 0 Å². The van der Waals surface area contributed by atoms with Gasteiger partial charge >= 0.3 is 0 Å². The Balaban J connectivity index is 1.37. The van der Waals surface area contributed by atoms with Crippen LogP contribution in [0.25, 0.3) is 0 Å². The quantitative estimate of drug-likeness (QED) is 0.783. The molecule has 0 bridgehead atoms. The van der Waals surface area contributed by atoms with E-state index in [0.29, 0.717) is 24.0 Å². The topological polar surface area (TPSA) is 47.6 Å². The van der Waals surface area contributed by atoms with Gasteiger partial charge in [0.1, 0.15) is 5.75 Å². The van der Waals surface area contributed by atoms with Gasteiger partial charge in [-0.2, -0.15) is 0 Å². The first-order valence-corrected chi connectivity index (χ1v) is 9.58. The van der Waals surface area contributed by atoms with Gasteiger partial charge in [-0.3, -0.25) is 4.79 Å². The van der Waals surface area contributed by atoms with Gasteiger partial charge in [0, 0.05) is 19.6 Å². The summed E-state index contributed by atoms with van der Waals surface area (Å²) in [7, 11) is 1.79. The number of rotatable bonds is 8. The van der Waals surface area contributed by atoms with Crippen molar-refractivity contribution >= 4 is 5.91 Å². The van der Waals surface area contributed by atoms with Crippen LogP contribution in [0.3, 0.4) is 0 Å². The molecule has 1 spiro atoms. The van der Waals surface area contributed by atoms with Crippen molar-refractivity contribution in [2.45, 2.75) is 52.1 Å². The molecule has 1 aromatic rings. The second kappa shape index (κ2) is 7.77. The Morgan fingerprint density at radius 2 is 2.04 bits per heavy atom. The van der Waals surface area contributed by atoms with E-state index in [9.17, 15) is 4.79 Å². The molecule has 0 aromatic heterocycles. The molecule has 1 N–H and O–H groups in total. The maximum atomic E-state index is 12.4. The molecule has 2 atom stereocenters. The highest BCUT2D eigenvalue weighted by Crippen LogP contribution is 2.59. The molecule has 4 nitrogen and oxygen atoms in total. The van der Waals surface area contributed by atoms with Crippen LogP contribution in [0, 0.1) is 17.3 Å². The third-order valence-corrected chi connectivity index (χ3v) is 5.99. The zero-order valence-electron chi connectivity index (χ0n) is 15.7. The Morgan fingerprint density at radius 1 is 1.32 bits per heavy atom. The van der Waals surface area contributed by atoms with Crippen molar-refractivity contribution in [3.63, 3.8) is 0 Å². The molecule has 1 aromatic carbocycles. The Bertz CT molecular complexity index is 575. The minimum atomic E-state index is 0.190. The number of carbonyl (C=O) groups excluding carboxylic acids is 1. The van der Waals surface area contributed by atoms with Crippen molar-refractivity contribution in [2.75, 3.05) is 20.3 Å². The summed E-state index contributed by atoms with van der Waals surface area (Å²) in [6, 6.07) is 8.26. The number of nitrogens with one attached hydrogen (secondary N) is 1. The van der Waals surface area contributed by atoms with E-state index < -0.39 is 0 Å². The molecule has 4 heteroatoms. The Labute approximate surface area is 151 Å². The summed E-state index contributed by atoms with van der Waals surface area (Å²) < 4.78 is 11.0. The summed E-state index contributed by atoms with van der Waals surface area (Å²) in [6.07, 6.45) is 5.74. The molecule has 0 radical (unpaired) electrons. The van der Waals surface area contributed by atoms with E-state index in [1.165, 1.54) is 12.0 Å². The highest BCUT2D eigenvalue weighted by atomic mass is 16.5.